The summed E-state index contributed by atoms with van der Waals surface area (Å²) in [5.41, 5.74) is 7.13. The second-order valence-corrected chi connectivity index (χ2v) is 8.92. The van der Waals surface area contributed by atoms with Gasteiger partial charge in [0, 0.05) is 56.5 Å². The molecule has 0 unspecified atom stereocenters. The number of carbonyl (C=O) groups is 1. The van der Waals surface area contributed by atoms with Crippen LogP contribution in [0.4, 0.5) is 5.82 Å². The van der Waals surface area contributed by atoms with Gasteiger partial charge in [-0.25, -0.2) is 9.97 Å². The zero-order valence-corrected chi connectivity index (χ0v) is 20.7. The normalized spacial score (nSPS) is 13.9. The van der Waals surface area contributed by atoms with Crippen molar-refractivity contribution >= 4 is 11.7 Å². The van der Waals surface area contributed by atoms with E-state index in [2.05, 4.69) is 56.0 Å². The number of aryl methyl sites for hydroxylation is 3. The lowest BCUT2D eigenvalue weighted by atomic mass is 9.96. The van der Waals surface area contributed by atoms with E-state index >= 15 is 0 Å². The Hall–Kier alpha value is -3.25. The number of piperazine rings is 1. The average Bonchev–Trinajstić information content (AvgIpc) is 2.87. The maximum Gasteiger partial charge on any atom is 0.248 e. The van der Waals surface area contributed by atoms with Gasteiger partial charge >= 0.3 is 0 Å². The molecule has 0 N–H and O–H groups in total. The quantitative estimate of drug-likeness (QED) is 0.531. The molecule has 6 heteroatoms. The van der Waals surface area contributed by atoms with Crippen molar-refractivity contribution in [2.75, 3.05) is 44.8 Å². The summed E-state index contributed by atoms with van der Waals surface area (Å²) in [5.74, 6) is 1.79. The lowest BCUT2D eigenvalue weighted by Gasteiger charge is -2.36. The van der Waals surface area contributed by atoms with E-state index in [4.69, 9.17) is 14.7 Å². The van der Waals surface area contributed by atoms with Crippen molar-refractivity contribution in [1.82, 2.24) is 14.9 Å². The molecule has 1 aromatic heterocycles. The minimum Gasteiger partial charge on any atom is -0.375 e. The number of benzene rings is 2. The largest absolute Gasteiger partial charge is 0.375 e. The van der Waals surface area contributed by atoms with Crippen LogP contribution in [-0.2, 0) is 22.4 Å². The first kappa shape index (κ1) is 23.9. The molecule has 2 aromatic carbocycles. The molecule has 178 valence electrons. The van der Waals surface area contributed by atoms with Crippen LogP contribution in [0.2, 0.25) is 0 Å². The molecule has 2 heterocycles. The Kier molecular flexibility index (Phi) is 7.58. The second-order valence-electron chi connectivity index (χ2n) is 8.92. The summed E-state index contributed by atoms with van der Waals surface area (Å²) < 4.78 is 5.04. The molecule has 1 aliphatic rings. The summed E-state index contributed by atoms with van der Waals surface area (Å²) in [6, 6.07) is 16.8. The van der Waals surface area contributed by atoms with Crippen molar-refractivity contribution in [3.63, 3.8) is 0 Å². The molecule has 34 heavy (non-hydrogen) atoms. The Bertz CT molecular complexity index is 1140. The van der Waals surface area contributed by atoms with Gasteiger partial charge in [-0.1, -0.05) is 61.0 Å². The average molecular weight is 459 g/mol. The molecule has 4 rings (SSSR count). The predicted molar refractivity (Wildman–Crippen MR) is 136 cm³/mol. The van der Waals surface area contributed by atoms with Crippen molar-refractivity contribution in [3.8, 4) is 11.4 Å². The Morgan fingerprint density at radius 3 is 2.41 bits per heavy atom. The zero-order valence-electron chi connectivity index (χ0n) is 20.7. The fourth-order valence-electron chi connectivity index (χ4n) is 4.53. The number of hydrogen-bond acceptors (Lipinski definition) is 5. The molecular weight excluding hydrogens is 424 g/mol. The van der Waals surface area contributed by atoms with Crippen LogP contribution in [0, 0.1) is 13.8 Å². The van der Waals surface area contributed by atoms with Gasteiger partial charge in [0.05, 0.1) is 0 Å². The van der Waals surface area contributed by atoms with Gasteiger partial charge in [-0.2, -0.15) is 0 Å². The van der Waals surface area contributed by atoms with Gasteiger partial charge in [0.25, 0.3) is 0 Å². The Morgan fingerprint density at radius 2 is 1.74 bits per heavy atom. The molecule has 1 fully saturated rings. The third-order valence-electron chi connectivity index (χ3n) is 6.51. The molecule has 0 aliphatic carbocycles. The third-order valence-corrected chi connectivity index (χ3v) is 6.51. The smallest absolute Gasteiger partial charge is 0.248 e. The van der Waals surface area contributed by atoms with E-state index in [1.54, 1.807) is 7.11 Å². The summed E-state index contributed by atoms with van der Waals surface area (Å²) in [6.45, 7) is 9.40. The van der Waals surface area contributed by atoms with Crippen LogP contribution in [0.15, 0.2) is 48.5 Å². The zero-order chi connectivity index (χ0) is 24.1. The Balaban J connectivity index is 1.74. The van der Waals surface area contributed by atoms with Gasteiger partial charge in [0.1, 0.15) is 12.4 Å². The number of methoxy groups -OCH3 is 1. The van der Waals surface area contributed by atoms with Crippen molar-refractivity contribution in [3.05, 3.63) is 76.5 Å². The Labute approximate surface area is 202 Å². The summed E-state index contributed by atoms with van der Waals surface area (Å²) in [5, 5.41) is 0. The van der Waals surface area contributed by atoms with Crippen LogP contribution < -0.4 is 4.90 Å². The molecule has 1 saturated heterocycles. The highest BCUT2D eigenvalue weighted by Crippen LogP contribution is 2.30. The van der Waals surface area contributed by atoms with Crippen molar-refractivity contribution in [1.29, 1.82) is 0 Å². The summed E-state index contributed by atoms with van der Waals surface area (Å²) >= 11 is 0. The number of nitrogens with zero attached hydrogens (tertiary/aromatic N) is 4. The van der Waals surface area contributed by atoms with Gasteiger partial charge in [-0.05, 0) is 31.4 Å². The number of ether oxygens (including phenoxy) is 1. The molecule has 0 spiro atoms. The van der Waals surface area contributed by atoms with Crippen LogP contribution in [0.1, 0.15) is 34.9 Å². The number of rotatable bonds is 7. The first-order valence-corrected chi connectivity index (χ1v) is 12.0. The SMILES string of the molecule is CCc1nc(-c2ccccc2)nc(N2CCN(C(=O)COC)CC2)c1Cc1cc(C)ccc1C. The molecule has 3 aromatic rings. The van der Waals surface area contributed by atoms with Crippen LogP contribution in [0.5, 0.6) is 0 Å². The number of amides is 1. The van der Waals surface area contributed by atoms with Gasteiger partial charge < -0.3 is 14.5 Å². The van der Waals surface area contributed by atoms with Gasteiger partial charge in [0.15, 0.2) is 5.82 Å². The third kappa shape index (κ3) is 5.28. The predicted octanol–water partition coefficient (Wildman–Crippen LogP) is 4.21. The standard InChI is InChI=1S/C28H34N4O2/c1-5-25-24(18-23-17-20(2)11-12-21(23)3)28(30-27(29-25)22-9-7-6-8-10-22)32-15-13-31(14-16-32)26(33)19-34-4/h6-12,17H,5,13-16,18-19H2,1-4H3. The van der Waals surface area contributed by atoms with Crippen molar-refractivity contribution < 1.29 is 9.53 Å². The fraction of sp³-hybridized carbons (Fsp3) is 0.393. The van der Waals surface area contributed by atoms with E-state index < -0.39 is 0 Å². The molecule has 0 atom stereocenters. The summed E-state index contributed by atoms with van der Waals surface area (Å²) in [4.78, 5) is 26.6. The monoisotopic (exact) mass is 458 g/mol. The minimum absolute atomic E-state index is 0.0414. The van der Waals surface area contributed by atoms with Crippen LogP contribution in [0.25, 0.3) is 11.4 Å². The highest BCUT2D eigenvalue weighted by molar-refractivity contribution is 5.77. The van der Waals surface area contributed by atoms with E-state index in [0.29, 0.717) is 13.1 Å². The van der Waals surface area contributed by atoms with Gasteiger partial charge in [-0.3, -0.25) is 4.79 Å². The van der Waals surface area contributed by atoms with E-state index in [0.717, 1.165) is 48.8 Å². The molecule has 0 radical (unpaired) electrons. The van der Waals surface area contributed by atoms with E-state index in [1.165, 1.54) is 22.3 Å². The number of hydrogen-bond donors (Lipinski definition) is 0. The van der Waals surface area contributed by atoms with Crippen LogP contribution in [-0.4, -0.2) is 60.7 Å². The molecular formula is C28H34N4O2. The minimum atomic E-state index is 0.0414. The maximum atomic E-state index is 12.3. The fourth-order valence-corrected chi connectivity index (χ4v) is 4.53. The van der Waals surface area contributed by atoms with Crippen LogP contribution in [0.3, 0.4) is 0 Å². The number of anilines is 1. The number of aromatic nitrogens is 2. The molecule has 0 bridgehead atoms. The van der Waals surface area contributed by atoms with Crippen molar-refractivity contribution in [2.45, 2.75) is 33.6 Å². The summed E-state index contributed by atoms with van der Waals surface area (Å²) in [7, 11) is 1.56. The van der Waals surface area contributed by atoms with Crippen molar-refractivity contribution in [2.24, 2.45) is 0 Å². The highest BCUT2D eigenvalue weighted by atomic mass is 16.5. The van der Waals surface area contributed by atoms with Gasteiger partial charge in [-0.15, -0.1) is 0 Å². The first-order valence-electron chi connectivity index (χ1n) is 12.0. The van der Waals surface area contributed by atoms with Gasteiger partial charge in [0.2, 0.25) is 5.91 Å². The maximum absolute atomic E-state index is 12.3. The second kappa shape index (κ2) is 10.8. The van der Waals surface area contributed by atoms with E-state index in [1.807, 2.05) is 23.1 Å². The molecule has 6 nitrogen and oxygen atoms in total. The summed E-state index contributed by atoms with van der Waals surface area (Å²) in [6.07, 6.45) is 1.63. The molecule has 1 aliphatic heterocycles. The lowest BCUT2D eigenvalue weighted by molar-refractivity contribution is -0.135. The first-order chi connectivity index (χ1) is 16.5. The lowest BCUT2D eigenvalue weighted by Crippen LogP contribution is -2.50. The molecule has 1 amide bonds. The number of carbonyl (C=O) groups excluding carboxylic acids is 1. The highest BCUT2D eigenvalue weighted by Gasteiger charge is 2.26. The van der Waals surface area contributed by atoms with E-state index in [-0.39, 0.29) is 12.5 Å². The van der Waals surface area contributed by atoms with Crippen LogP contribution >= 0.6 is 0 Å². The Morgan fingerprint density at radius 1 is 1.00 bits per heavy atom. The topological polar surface area (TPSA) is 58.6 Å². The van der Waals surface area contributed by atoms with E-state index in [9.17, 15) is 4.79 Å². The molecule has 0 saturated carbocycles.